The van der Waals surface area contributed by atoms with Gasteiger partial charge in [-0.2, -0.15) is 0 Å². The topological polar surface area (TPSA) is 55.2 Å². The number of amides is 1. The zero-order valence-corrected chi connectivity index (χ0v) is 15.8. The van der Waals surface area contributed by atoms with E-state index in [4.69, 9.17) is 0 Å². The molecule has 0 N–H and O–H groups in total. The van der Waals surface area contributed by atoms with E-state index in [9.17, 15) is 9.59 Å². The average molecular weight is 364 g/mol. The van der Waals surface area contributed by atoms with Gasteiger partial charge in [0, 0.05) is 25.0 Å². The number of aryl methyl sites for hydroxylation is 2. The van der Waals surface area contributed by atoms with Crippen molar-refractivity contribution in [2.45, 2.75) is 19.0 Å². The molecular weight excluding hydrogens is 342 g/mol. The second-order valence-electron chi connectivity index (χ2n) is 5.39. The summed E-state index contributed by atoms with van der Waals surface area (Å²) in [6.07, 6.45) is 3.37. The smallest absolute Gasteiger partial charge is 0.262 e. The van der Waals surface area contributed by atoms with Crippen LogP contribution >= 0.6 is 23.1 Å². The van der Waals surface area contributed by atoms with Crippen LogP contribution in [0.5, 0.6) is 0 Å². The number of aromatic nitrogens is 2. The fourth-order valence-electron chi connectivity index (χ4n) is 2.29. The van der Waals surface area contributed by atoms with Gasteiger partial charge in [0.15, 0.2) is 5.16 Å². The minimum atomic E-state index is -0.0640. The molecule has 7 heteroatoms. The fourth-order valence-corrected chi connectivity index (χ4v) is 4.24. The summed E-state index contributed by atoms with van der Waals surface area (Å²) in [5.74, 6) is 0.185. The van der Waals surface area contributed by atoms with E-state index in [-0.39, 0.29) is 17.2 Å². The van der Waals surface area contributed by atoms with Gasteiger partial charge in [0.1, 0.15) is 4.83 Å². The number of carbonyl (C=O) groups excluding carboxylic acids is 1. The van der Waals surface area contributed by atoms with Gasteiger partial charge >= 0.3 is 0 Å². The molecule has 5 nitrogen and oxygen atoms in total. The summed E-state index contributed by atoms with van der Waals surface area (Å²) in [7, 11) is 1.69. The van der Waals surface area contributed by atoms with E-state index >= 15 is 0 Å². The van der Waals surface area contributed by atoms with Crippen molar-refractivity contribution in [3.63, 3.8) is 0 Å². The summed E-state index contributed by atoms with van der Waals surface area (Å²) in [5.41, 5.74) is 0.921. The van der Waals surface area contributed by atoms with Crippen molar-refractivity contribution in [2.24, 2.45) is 7.05 Å². The van der Waals surface area contributed by atoms with Gasteiger partial charge in [-0.3, -0.25) is 14.2 Å². The van der Waals surface area contributed by atoms with Crippen molar-refractivity contribution in [2.75, 3.05) is 18.8 Å². The Morgan fingerprint density at radius 2 is 1.96 bits per heavy atom. The van der Waals surface area contributed by atoms with E-state index in [1.54, 1.807) is 24.1 Å². The third-order valence-corrected chi connectivity index (χ3v) is 5.86. The number of thioether (sulfide) groups is 1. The number of thiophene rings is 1. The lowest BCUT2D eigenvalue weighted by Gasteiger charge is -2.19. The van der Waals surface area contributed by atoms with Crippen LogP contribution in [0.4, 0.5) is 0 Å². The van der Waals surface area contributed by atoms with E-state index in [2.05, 4.69) is 18.1 Å². The molecule has 0 unspecified atom stereocenters. The zero-order valence-electron chi connectivity index (χ0n) is 14.2. The van der Waals surface area contributed by atoms with Gasteiger partial charge in [-0.15, -0.1) is 24.5 Å². The van der Waals surface area contributed by atoms with Crippen LogP contribution < -0.4 is 5.56 Å². The first-order valence-corrected chi connectivity index (χ1v) is 9.30. The number of fused-ring (bicyclic) bond motifs is 1. The van der Waals surface area contributed by atoms with Gasteiger partial charge in [-0.05, 0) is 19.4 Å². The summed E-state index contributed by atoms with van der Waals surface area (Å²) in [6.45, 7) is 12.2. The van der Waals surface area contributed by atoms with Gasteiger partial charge < -0.3 is 4.90 Å². The molecule has 2 aromatic heterocycles. The van der Waals surface area contributed by atoms with Crippen molar-refractivity contribution >= 4 is 39.2 Å². The lowest BCUT2D eigenvalue weighted by atomic mass is 10.2. The summed E-state index contributed by atoms with van der Waals surface area (Å²) < 4.78 is 1.52. The molecule has 2 rings (SSSR count). The van der Waals surface area contributed by atoms with Crippen LogP contribution in [-0.2, 0) is 11.8 Å². The van der Waals surface area contributed by atoms with Crippen LogP contribution in [0.25, 0.3) is 10.2 Å². The molecule has 128 valence electrons. The normalized spacial score (nSPS) is 10.8. The minimum absolute atomic E-state index is 0.0345. The van der Waals surface area contributed by atoms with E-state index in [1.807, 2.05) is 13.8 Å². The quantitative estimate of drug-likeness (QED) is 0.431. The second kappa shape index (κ2) is 7.81. The maximum absolute atomic E-state index is 12.6. The third-order valence-electron chi connectivity index (χ3n) is 3.75. The highest BCUT2D eigenvalue weighted by molar-refractivity contribution is 7.99. The van der Waals surface area contributed by atoms with Gasteiger partial charge in [-0.25, -0.2) is 4.98 Å². The Kier molecular flexibility index (Phi) is 6.01. The van der Waals surface area contributed by atoms with Crippen molar-refractivity contribution in [3.05, 3.63) is 46.1 Å². The molecule has 2 heterocycles. The molecule has 0 radical (unpaired) electrons. The molecular formula is C17H21N3O2S2. The highest BCUT2D eigenvalue weighted by atomic mass is 32.2. The maximum Gasteiger partial charge on any atom is 0.262 e. The molecule has 0 saturated carbocycles. The lowest BCUT2D eigenvalue weighted by molar-refractivity contribution is -0.127. The van der Waals surface area contributed by atoms with Crippen LogP contribution in [0.3, 0.4) is 0 Å². The molecule has 0 bridgehead atoms. The number of rotatable bonds is 7. The lowest BCUT2D eigenvalue weighted by Crippen LogP contribution is -2.33. The summed E-state index contributed by atoms with van der Waals surface area (Å²) in [6, 6.07) is 0. The van der Waals surface area contributed by atoms with Crippen molar-refractivity contribution < 1.29 is 4.79 Å². The predicted molar refractivity (Wildman–Crippen MR) is 102 cm³/mol. The Bertz CT molecular complexity index is 842. The molecule has 0 aromatic carbocycles. The number of nitrogens with zero attached hydrogens (tertiary/aromatic N) is 3. The molecule has 2 aromatic rings. The van der Waals surface area contributed by atoms with Crippen LogP contribution in [0.15, 0.2) is 35.3 Å². The molecule has 1 amide bonds. The summed E-state index contributed by atoms with van der Waals surface area (Å²) in [5, 5.41) is 1.23. The first kappa shape index (κ1) is 18.5. The van der Waals surface area contributed by atoms with E-state index in [1.165, 1.54) is 27.7 Å². The zero-order chi connectivity index (χ0) is 17.9. The van der Waals surface area contributed by atoms with E-state index < -0.39 is 0 Å². The van der Waals surface area contributed by atoms with Gasteiger partial charge in [0.05, 0.1) is 11.1 Å². The molecule has 0 saturated heterocycles. The van der Waals surface area contributed by atoms with E-state index in [0.717, 1.165) is 15.3 Å². The van der Waals surface area contributed by atoms with E-state index in [0.29, 0.717) is 23.6 Å². The van der Waals surface area contributed by atoms with Crippen LogP contribution in [-0.4, -0.2) is 39.2 Å². The molecule has 24 heavy (non-hydrogen) atoms. The minimum Gasteiger partial charge on any atom is -0.335 e. The van der Waals surface area contributed by atoms with Gasteiger partial charge in [0.25, 0.3) is 5.56 Å². The highest BCUT2D eigenvalue weighted by Crippen LogP contribution is 2.28. The maximum atomic E-state index is 12.6. The second-order valence-corrected chi connectivity index (χ2v) is 7.53. The highest BCUT2D eigenvalue weighted by Gasteiger charge is 2.17. The average Bonchev–Trinajstić information content (AvgIpc) is 2.83. The monoisotopic (exact) mass is 363 g/mol. The Morgan fingerprint density at radius 3 is 2.54 bits per heavy atom. The Balaban J connectivity index is 2.25. The standard InChI is InChI=1S/C17H21N3O2S2/c1-6-8-20(9-7-2)13(21)10-23-17-18-15-14(16(22)19(17)5)11(3)12(4)24-15/h6-7H,1-2,8-10H2,3-5H3. The molecule has 0 aliphatic carbocycles. The van der Waals surface area contributed by atoms with Gasteiger partial charge in [0.2, 0.25) is 5.91 Å². The molecule has 0 fully saturated rings. The SMILES string of the molecule is C=CCN(CC=C)C(=O)CSc1nc2sc(C)c(C)c2c(=O)n1C. The number of hydrogen-bond donors (Lipinski definition) is 0. The predicted octanol–water partition coefficient (Wildman–Crippen LogP) is 2.90. The molecule has 0 aliphatic rings. The molecule has 0 atom stereocenters. The number of carbonyl (C=O) groups is 1. The van der Waals surface area contributed by atoms with Crippen LogP contribution in [0, 0.1) is 13.8 Å². The Morgan fingerprint density at radius 1 is 1.33 bits per heavy atom. The first-order chi connectivity index (χ1) is 11.4. The summed E-state index contributed by atoms with van der Waals surface area (Å²) in [4.78, 5) is 32.9. The van der Waals surface area contributed by atoms with Crippen molar-refractivity contribution in [1.29, 1.82) is 0 Å². The number of hydrogen-bond acceptors (Lipinski definition) is 5. The third kappa shape index (κ3) is 3.62. The summed E-state index contributed by atoms with van der Waals surface area (Å²) >= 11 is 2.79. The molecule has 0 aliphatic heterocycles. The Labute approximate surface area is 149 Å². The van der Waals surface area contributed by atoms with Crippen molar-refractivity contribution in [3.8, 4) is 0 Å². The van der Waals surface area contributed by atoms with Crippen molar-refractivity contribution in [1.82, 2.24) is 14.5 Å². The fraction of sp³-hybridized carbons (Fsp3) is 0.353. The first-order valence-electron chi connectivity index (χ1n) is 7.49. The van der Waals surface area contributed by atoms with Crippen LogP contribution in [0.1, 0.15) is 10.4 Å². The van der Waals surface area contributed by atoms with Gasteiger partial charge in [-0.1, -0.05) is 23.9 Å². The molecule has 0 spiro atoms. The largest absolute Gasteiger partial charge is 0.335 e. The Hall–Kier alpha value is -1.86. The van der Waals surface area contributed by atoms with Crippen LogP contribution in [0.2, 0.25) is 0 Å².